The highest BCUT2D eigenvalue weighted by molar-refractivity contribution is 9.10. The number of phenols is 1. The van der Waals surface area contributed by atoms with E-state index in [2.05, 4.69) is 27.8 Å². The van der Waals surface area contributed by atoms with Crippen LogP contribution >= 0.6 is 15.9 Å². The van der Waals surface area contributed by atoms with Gasteiger partial charge in [0, 0.05) is 19.1 Å². The number of hydrogen-bond acceptors (Lipinski definition) is 4. The lowest BCUT2D eigenvalue weighted by atomic mass is 9.94. The van der Waals surface area contributed by atoms with Crippen LogP contribution < -0.4 is 10.5 Å². The zero-order valence-electron chi connectivity index (χ0n) is 11.4. The van der Waals surface area contributed by atoms with Gasteiger partial charge in [-0.05, 0) is 52.5 Å². The lowest BCUT2D eigenvalue weighted by Gasteiger charge is -2.35. The van der Waals surface area contributed by atoms with Gasteiger partial charge < -0.3 is 15.6 Å². The van der Waals surface area contributed by atoms with E-state index in [1.54, 1.807) is 7.11 Å². The van der Waals surface area contributed by atoms with Gasteiger partial charge in [-0.25, -0.2) is 0 Å². The predicted molar refractivity (Wildman–Crippen MR) is 79.4 cm³/mol. The molecule has 0 spiro atoms. The van der Waals surface area contributed by atoms with Gasteiger partial charge in [-0.2, -0.15) is 0 Å². The minimum Gasteiger partial charge on any atom is -0.503 e. The second kappa shape index (κ2) is 6.11. The molecule has 1 aromatic carbocycles. The molecule has 3 N–H and O–H groups in total. The highest BCUT2D eigenvalue weighted by atomic mass is 79.9. The number of aromatic hydroxyl groups is 1. The van der Waals surface area contributed by atoms with Crippen LogP contribution in [0.25, 0.3) is 0 Å². The fourth-order valence-corrected chi connectivity index (χ4v) is 3.02. The van der Waals surface area contributed by atoms with Crippen molar-refractivity contribution in [3.63, 3.8) is 0 Å². The molecule has 0 bridgehead atoms. The average Bonchev–Trinajstić information content (AvgIpc) is 2.38. The molecule has 1 fully saturated rings. The molecule has 0 radical (unpaired) electrons. The number of halogens is 1. The topological polar surface area (TPSA) is 58.7 Å². The Kier molecular flexibility index (Phi) is 4.71. The average molecular weight is 329 g/mol. The van der Waals surface area contributed by atoms with Gasteiger partial charge in [0.2, 0.25) is 0 Å². The summed E-state index contributed by atoms with van der Waals surface area (Å²) in [7, 11) is 1.56. The molecule has 19 heavy (non-hydrogen) atoms. The normalized spacial score (nSPS) is 24.4. The van der Waals surface area contributed by atoms with Gasteiger partial charge in [0.05, 0.1) is 11.6 Å². The summed E-state index contributed by atoms with van der Waals surface area (Å²) in [6, 6.07) is 4.15. The molecule has 0 amide bonds. The first-order valence-corrected chi connectivity index (χ1v) is 7.34. The third-order valence-corrected chi connectivity index (χ3v) is 4.37. The van der Waals surface area contributed by atoms with Crippen molar-refractivity contribution in [2.75, 3.05) is 20.2 Å². The van der Waals surface area contributed by atoms with Crippen LogP contribution in [0.3, 0.4) is 0 Å². The summed E-state index contributed by atoms with van der Waals surface area (Å²) in [5.41, 5.74) is 7.17. The van der Waals surface area contributed by atoms with Crippen molar-refractivity contribution < 1.29 is 9.84 Å². The number of methoxy groups -OCH3 is 1. The largest absolute Gasteiger partial charge is 0.503 e. The van der Waals surface area contributed by atoms with Crippen molar-refractivity contribution in [1.29, 1.82) is 0 Å². The van der Waals surface area contributed by atoms with Crippen LogP contribution in [0, 0.1) is 5.92 Å². The molecule has 2 atom stereocenters. The predicted octanol–water partition coefficient (Wildman–Crippen LogP) is 2.33. The maximum absolute atomic E-state index is 9.80. The minimum absolute atomic E-state index is 0.153. The van der Waals surface area contributed by atoms with E-state index in [1.807, 2.05) is 12.1 Å². The maximum Gasteiger partial charge on any atom is 0.172 e. The Labute approximate surface area is 122 Å². The molecule has 0 aromatic heterocycles. The number of piperidine rings is 1. The Morgan fingerprint density at radius 2 is 2.26 bits per heavy atom. The highest BCUT2D eigenvalue weighted by Gasteiger charge is 2.23. The molecule has 5 heteroatoms. The quantitative estimate of drug-likeness (QED) is 0.894. The third-order valence-electron chi connectivity index (χ3n) is 3.77. The Morgan fingerprint density at radius 3 is 2.89 bits per heavy atom. The van der Waals surface area contributed by atoms with Gasteiger partial charge in [0.25, 0.3) is 0 Å². The van der Waals surface area contributed by atoms with E-state index in [0.717, 1.165) is 31.6 Å². The number of hydrogen-bond donors (Lipinski definition) is 2. The van der Waals surface area contributed by atoms with Crippen molar-refractivity contribution in [2.45, 2.75) is 25.9 Å². The van der Waals surface area contributed by atoms with Crippen molar-refractivity contribution in [1.82, 2.24) is 4.90 Å². The number of nitrogens with two attached hydrogens (primary N) is 1. The fraction of sp³-hybridized carbons (Fsp3) is 0.571. The van der Waals surface area contributed by atoms with Gasteiger partial charge >= 0.3 is 0 Å². The molecule has 0 saturated carbocycles. The summed E-state index contributed by atoms with van der Waals surface area (Å²) in [6.07, 6.45) is 1.04. The smallest absolute Gasteiger partial charge is 0.172 e. The van der Waals surface area contributed by atoms with Crippen LogP contribution in [0.4, 0.5) is 0 Å². The van der Waals surface area contributed by atoms with Crippen molar-refractivity contribution in [3.05, 3.63) is 22.2 Å². The molecular weight excluding hydrogens is 308 g/mol. The second-order valence-electron chi connectivity index (χ2n) is 5.29. The minimum atomic E-state index is 0.153. The zero-order valence-corrected chi connectivity index (χ0v) is 13.0. The summed E-state index contributed by atoms with van der Waals surface area (Å²) in [5.74, 6) is 1.18. The molecule has 106 valence electrons. The van der Waals surface area contributed by atoms with Crippen LogP contribution in [-0.2, 0) is 6.54 Å². The second-order valence-corrected chi connectivity index (χ2v) is 6.15. The Balaban J connectivity index is 2.09. The Hall–Kier alpha value is -0.780. The molecule has 4 nitrogen and oxygen atoms in total. The maximum atomic E-state index is 9.80. The fourth-order valence-electron chi connectivity index (χ4n) is 2.53. The molecule has 0 aliphatic carbocycles. The van der Waals surface area contributed by atoms with E-state index in [9.17, 15) is 5.11 Å². The van der Waals surface area contributed by atoms with E-state index in [0.29, 0.717) is 22.2 Å². The van der Waals surface area contributed by atoms with Crippen LogP contribution in [0.15, 0.2) is 16.6 Å². The Morgan fingerprint density at radius 1 is 1.53 bits per heavy atom. The monoisotopic (exact) mass is 328 g/mol. The molecule has 2 unspecified atom stereocenters. The lowest BCUT2D eigenvalue weighted by Crippen LogP contribution is -2.45. The van der Waals surface area contributed by atoms with E-state index >= 15 is 0 Å². The lowest BCUT2D eigenvalue weighted by molar-refractivity contribution is 0.157. The molecule has 1 aromatic rings. The SMILES string of the molecule is COc1cc(CN2CCC(N)C(C)C2)cc(Br)c1O. The summed E-state index contributed by atoms with van der Waals surface area (Å²) in [6.45, 7) is 5.09. The van der Waals surface area contributed by atoms with Crippen LogP contribution in [0.1, 0.15) is 18.9 Å². The van der Waals surface area contributed by atoms with Crippen molar-refractivity contribution >= 4 is 15.9 Å². The van der Waals surface area contributed by atoms with E-state index in [-0.39, 0.29) is 5.75 Å². The first-order valence-electron chi connectivity index (χ1n) is 6.54. The Bertz CT molecular complexity index is 453. The molecular formula is C14H21BrN2O2. The van der Waals surface area contributed by atoms with E-state index < -0.39 is 0 Å². The van der Waals surface area contributed by atoms with E-state index in [4.69, 9.17) is 10.5 Å². The number of ether oxygens (including phenoxy) is 1. The van der Waals surface area contributed by atoms with Gasteiger partial charge in [0.1, 0.15) is 0 Å². The van der Waals surface area contributed by atoms with Crippen LogP contribution in [-0.4, -0.2) is 36.2 Å². The first-order chi connectivity index (χ1) is 9.01. The summed E-state index contributed by atoms with van der Waals surface area (Å²) in [4.78, 5) is 2.40. The van der Waals surface area contributed by atoms with Gasteiger partial charge in [-0.15, -0.1) is 0 Å². The first kappa shape index (κ1) is 14.6. The van der Waals surface area contributed by atoms with Crippen molar-refractivity contribution in [3.8, 4) is 11.5 Å². The van der Waals surface area contributed by atoms with Gasteiger partial charge in [-0.1, -0.05) is 6.92 Å². The number of rotatable bonds is 3. The number of likely N-dealkylation sites (tertiary alicyclic amines) is 1. The summed E-state index contributed by atoms with van der Waals surface area (Å²) < 4.78 is 5.85. The summed E-state index contributed by atoms with van der Waals surface area (Å²) in [5, 5.41) is 9.80. The molecule has 1 aliphatic heterocycles. The third kappa shape index (κ3) is 3.41. The molecule has 1 aliphatic rings. The summed E-state index contributed by atoms with van der Waals surface area (Å²) >= 11 is 3.36. The van der Waals surface area contributed by atoms with Crippen LogP contribution in [0.5, 0.6) is 11.5 Å². The van der Waals surface area contributed by atoms with E-state index in [1.165, 1.54) is 0 Å². The standard InChI is InChI=1S/C14H21BrN2O2/c1-9-7-17(4-3-12(9)16)8-10-5-11(15)14(18)13(6-10)19-2/h5-6,9,12,18H,3-4,7-8,16H2,1-2H3. The highest BCUT2D eigenvalue weighted by Crippen LogP contribution is 2.35. The number of benzene rings is 1. The molecule has 2 rings (SSSR count). The van der Waals surface area contributed by atoms with Crippen molar-refractivity contribution in [2.24, 2.45) is 11.7 Å². The number of nitrogens with zero attached hydrogens (tertiary/aromatic N) is 1. The van der Waals surface area contributed by atoms with Crippen LogP contribution in [0.2, 0.25) is 0 Å². The molecule has 1 heterocycles. The number of phenolic OH excluding ortho intramolecular Hbond substituents is 1. The molecule has 1 saturated heterocycles. The van der Waals surface area contributed by atoms with Gasteiger partial charge in [0.15, 0.2) is 11.5 Å². The zero-order chi connectivity index (χ0) is 14.0. The van der Waals surface area contributed by atoms with Gasteiger partial charge in [-0.3, -0.25) is 4.90 Å².